The zero-order valence-corrected chi connectivity index (χ0v) is 13.9. The number of hydrogen-bond acceptors (Lipinski definition) is 4. The minimum atomic E-state index is 0.0130. The molecule has 114 valence electrons. The highest BCUT2D eigenvalue weighted by Gasteiger charge is 2.15. The second kappa shape index (κ2) is 7.55. The van der Waals surface area contributed by atoms with Crippen molar-refractivity contribution in [2.75, 3.05) is 18.5 Å². The lowest BCUT2D eigenvalue weighted by Gasteiger charge is -2.11. The lowest BCUT2D eigenvalue weighted by Crippen LogP contribution is -2.13. The van der Waals surface area contributed by atoms with Gasteiger partial charge in [-0.1, -0.05) is 46.9 Å². The van der Waals surface area contributed by atoms with Crippen molar-refractivity contribution in [3.05, 3.63) is 50.6 Å². The van der Waals surface area contributed by atoms with Crippen molar-refractivity contribution in [2.45, 2.75) is 6.92 Å². The first kappa shape index (κ1) is 16.7. The Morgan fingerprint density at radius 1 is 1.27 bits per heavy atom. The predicted molar refractivity (Wildman–Crippen MR) is 89.1 cm³/mol. The molecule has 7 heteroatoms. The van der Waals surface area contributed by atoms with E-state index in [4.69, 9.17) is 44.8 Å². The molecule has 0 fully saturated rings. The fraction of sp³-hybridized carbons (Fsp3) is 0.200. The molecular formula is C15H12Cl3N3O. The van der Waals surface area contributed by atoms with Crippen LogP contribution in [0.15, 0.2) is 24.3 Å². The SMILES string of the molecule is Cc1cccc(OCCNc2nc(Cl)c(C#N)c(Cl)c2Cl)c1. The van der Waals surface area contributed by atoms with Crippen LogP contribution in [0.2, 0.25) is 15.2 Å². The molecule has 0 radical (unpaired) electrons. The topological polar surface area (TPSA) is 57.9 Å². The standard InChI is InChI=1S/C15H12Cl3N3O/c1-9-3-2-4-10(7-9)22-6-5-20-15-13(17)12(16)11(8-19)14(18)21-15/h2-4,7H,5-6H2,1H3,(H,20,21). The molecule has 0 spiro atoms. The van der Waals surface area contributed by atoms with Gasteiger partial charge in [0.05, 0.1) is 11.6 Å². The summed E-state index contributed by atoms with van der Waals surface area (Å²) in [5.74, 6) is 1.11. The summed E-state index contributed by atoms with van der Waals surface area (Å²) in [6.07, 6.45) is 0. The molecule has 22 heavy (non-hydrogen) atoms. The number of aromatic nitrogens is 1. The van der Waals surface area contributed by atoms with E-state index >= 15 is 0 Å². The Bertz CT molecular complexity index is 729. The molecular weight excluding hydrogens is 345 g/mol. The van der Waals surface area contributed by atoms with Crippen LogP contribution >= 0.6 is 34.8 Å². The maximum absolute atomic E-state index is 8.92. The van der Waals surface area contributed by atoms with Crippen molar-refractivity contribution in [1.82, 2.24) is 4.98 Å². The van der Waals surface area contributed by atoms with E-state index in [1.165, 1.54) is 0 Å². The van der Waals surface area contributed by atoms with E-state index in [1.807, 2.05) is 37.3 Å². The van der Waals surface area contributed by atoms with Crippen molar-refractivity contribution in [1.29, 1.82) is 5.26 Å². The van der Waals surface area contributed by atoms with E-state index in [9.17, 15) is 0 Å². The van der Waals surface area contributed by atoms with Gasteiger partial charge in [-0.3, -0.25) is 0 Å². The van der Waals surface area contributed by atoms with Crippen LogP contribution in [-0.2, 0) is 0 Å². The second-order valence-corrected chi connectivity index (χ2v) is 5.57. The molecule has 1 aromatic carbocycles. The Kier molecular flexibility index (Phi) is 5.73. The molecule has 0 bridgehead atoms. The van der Waals surface area contributed by atoms with Gasteiger partial charge in [-0.25, -0.2) is 4.98 Å². The predicted octanol–water partition coefficient (Wildman–Crippen LogP) is 4.71. The van der Waals surface area contributed by atoms with Crippen LogP contribution in [0, 0.1) is 18.3 Å². The normalized spacial score (nSPS) is 10.1. The average Bonchev–Trinajstić information content (AvgIpc) is 2.49. The molecule has 2 aromatic rings. The van der Waals surface area contributed by atoms with Crippen molar-refractivity contribution in [2.24, 2.45) is 0 Å². The maximum Gasteiger partial charge on any atom is 0.150 e. The summed E-state index contributed by atoms with van der Waals surface area (Å²) in [5, 5.41) is 12.2. The number of hydrogen-bond donors (Lipinski definition) is 1. The molecule has 1 heterocycles. The van der Waals surface area contributed by atoms with Crippen molar-refractivity contribution >= 4 is 40.6 Å². The summed E-state index contributed by atoms with van der Waals surface area (Å²) >= 11 is 17.9. The highest BCUT2D eigenvalue weighted by molar-refractivity contribution is 6.45. The van der Waals surface area contributed by atoms with Gasteiger partial charge in [-0.15, -0.1) is 0 Å². The van der Waals surface area contributed by atoms with Gasteiger partial charge in [0.1, 0.15) is 34.8 Å². The molecule has 0 saturated carbocycles. The first-order chi connectivity index (χ1) is 10.5. The van der Waals surface area contributed by atoms with Gasteiger partial charge in [0, 0.05) is 0 Å². The highest BCUT2D eigenvalue weighted by atomic mass is 35.5. The van der Waals surface area contributed by atoms with E-state index in [2.05, 4.69) is 10.3 Å². The molecule has 0 saturated heterocycles. The fourth-order valence-electron chi connectivity index (χ4n) is 1.76. The Morgan fingerprint density at radius 3 is 2.73 bits per heavy atom. The quantitative estimate of drug-likeness (QED) is 0.622. The van der Waals surface area contributed by atoms with Gasteiger partial charge in [-0.05, 0) is 24.6 Å². The number of benzene rings is 1. The largest absolute Gasteiger partial charge is 0.492 e. The van der Waals surface area contributed by atoms with E-state index in [0.717, 1.165) is 11.3 Å². The lowest BCUT2D eigenvalue weighted by molar-refractivity contribution is 0.332. The van der Waals surface area contributed by atoms with Gasteiger partial charge < -0.3 is 10.1 Å². The smallest absolute Gasteiger partial charge is 0.150 e. The van der Waals surface area contributed by atoms with Gasteiger partial charge in [-0.2, -0.15) is 5.26 Å². The highest BCUT2D eigenvalue weighted by Crippen LogP contribution is 2.34. The van der Waals surface area contributed by atoms with Crippen LogP contribution in [0.3, 0.4) is 0 Å². The molecule has 0 unspecified atom stereocenters. The number of aryl methyl sites for hydroxylation is 1. The molecule has 0 aliphatic rings. The Hall–Kier alpha value is -1.67. The number of anilines is 1. The van der Waals surface area contributed by atoms with Crippen LogP contribution in [-0.4, -0.2) is 18.1 Å². The van der Waals surface area contributed by atoms with Crippen LogP contribution in [0.4, 0.5) is 5.82 Å². The monoisotopic (exact) mass is 355 g/mol. The Labute approximate surface area is 143 Å². The van der Waals surface area contributed by atoms with E-state index < -0.39 is 0 Å². The number of nitrogens with one attached hydrogen (secondary N) is 1. The first-order valence-electron chi connectivity index (χ1n) is 6.41. The zero-order valence-electron chi connectivity index (χ0n) is 11.7. The Balaban J connectivity index is 1.97. The molecule has 0 amide bonds. The van der Waals surface area contributed by atoms with Crippen LogP contribution in [0.1, 0.15) is 11.1 Å². The third-order valence-electron chi connectivity index (χ3n) is 2.80. The molecule has 0 atom stereocenters. The van der Waals surface area contributed by atoms with Crippen LogP contribution < -0.4 is 10.1 Å². The van der Waals surface area contributed by atoms with Gasteiger partial charge in [0.25, 0.3) is 0 Å². The van der Waals surface area contributed by atoms with Crippen molar-refractivity contribution < 1.29 is 4.74 Å². The first-order valence-corrected chi connectivity index (χ1v) is 7.54. The van der Waals surface area contributed by atoms with Crippen molar-refractivity contribution in [3.8, 4) is 11.8 Å². The van der Waals surface area contributed by atoms with Gasteiger partial charge >= 0.3 is 0 Å². The van der Waals surface area contributed by atoms with E-state index in [1.54, 1.807) is 0 Å². The summed E-state index contributed by atoms with van der Waals surface area (Å²) in [5.41, 5.74) is 1.19. The number of nitriles is 1. The van der Waals surface area contributed by atoms with Gasteiger partial charge in [0.15, 0.2) is 5.15 Å². The van der Waals surface area contributed by atoms with Gasteiger partial charge in [0.2, 0.25) is 0 Å². The minimum absolute atomic E-state index is 0.0130. The molecule has 1 N–H and O–H groups in total. The molecule has 1 aromatic heterocycles. The fourth-order valence-corrected chi connectivity index (χ4v) is 2.46. The Morgan fingerprint density at radius 2 is 2.05 bits per heavy atom. The average molecular weight is 357 g/mol. The number of nitrogens with zero attached hydrogens (tertiary/aromatic N) is 2. The minimum Gasteiger partial charge on any atom is -0.492 e. The second-order valence-electron chi connectivity index (χ2n) is 4.46. The third-order valence-corrected chi connectivity index (χ3v) is 3.92. The number of pyridine rings is 1. The molecule has 4 nitrogen and oxygen atoms in total. The summed E-state index contributed by atoms with van der Waals surface area (Å²) in [4.78, 5) is 4.02. The maximum atomic E-state index is 8.92. The van der Waals surface area contributed by atoms with E-state index in [-0.39, 0.29) is 20.8 Å². The van der Waals surface area contributed by atoms with Crippen LogP contribution in [0.5, 0.6) is 5.75 Å². The van der Waals surface area contributed by atoms with Crippen LogP contribution in [0.25, 0.3) is 0 Å². The van der Waals surface area contributed by atoms with E-state index in [0.29, 0.717) is 19.0 Å². The molecule has 2 rings (SSSR count). The summed E-state index contributed by atoms with van der Waals surface area (Å²) in [6, 6.07) is 9.61. The number of rotatable bonds is 5. The summed E-state index contributed by atoms with van der Waals surface area (Å²) in [7, 11) is 0. The molecule has 0 aliphatic carbocycles. The number of ether oxygens (including phenoxy) is 1. The summed E-state index contributed by atoms with van der Waals surface area (Å²) < 4.78 is 5.60. The molecule has 0 aliphatic heterocycles. The zero-order chi connectivity index (χ0) is 16.1. The third kappa shape index (κ3) is 3.95. The van der Waals surface area contributed by atoms with Crippen molar-refractivity contribution in [3.63, 3.8) is 0 Å². The number of halogens is 3. The summed E-state index contributed by atoms with van der Waals surface area (Å²) in [6.45, 7) is 2.87. The lowest BCUT2D eigenvalue weighted by atomic mass is 10.2.